The molecule has 0 radical (unpaired) electrons. The van der Waals surface area contributed by atoms with E-state index in [2.05, 4.69) is 5.32 Å². The Morgan fingerprint density at radius 1 is 1.19 bits per heavy atom. The van der Waals surface area contributed by atoms with E-state index in [0.29, 0.717) is 27.2 Å². The lowest BCUT2D eigenvalue weighted by Gasteiger charge is -2.15. The highest BCUT2D eigenvalue weighted by Gasteiger charge is 2.15. The monoisotopic (exact) mass is 324 g/mol. The van der Waals surface area contributed by atoms with Crippen molar-refractivity contribution in [2.75, 3.05) is 11.1 Å². The number of ether oxygens (including phenoxy) is 1. The molecule has 1 atom stereocenters. The van der Waals surface area contributed by atoms with Gasteiger partial charge in [0.25, 0.3) is 5.91 Å². The predicted molar refractivity (Wildman–Crippen MR) is 86.0 cm³/mol. The summed E-state index contributed by atoms with van der Waals surface area (Å²) in [5.41, 5.74) is 6.65. The Labute approximate surface area is 132 Å². The van der Waals surface area contributed by atoms with E-state index in [-0.39, 0.29) is 5.91 Å². The molecule has 0 aliphatic heterocycles. The summed E-state index contributed by atoms with van der Waals surface area (Å²) in [6.45, 7) is 1.66. The molecule has 0 saturated carbocycles. The second kappa shape index (κ2) is 6.70. The van der Waals surface area contributed by atoms with Crippen molar-refractivity contribution in [1.82, 2.24) is 0 Å². The zero-order valence-electron chi connectivity index (χ0n) is 11.3. The topological polar surface area (TPSA) is 64.3 Å². The van der Waals surface area contributed by atoms with E-state index in [0.717, 1.165) is 0 Å². The van der Waals surface area contributed by atoms with Crippen LogP contribution in [-0.4, -0.2) is 12.0 Å². The predicted octanol–water partition coefficient (Wildman–Crippen LogP) is 3.98. The molecule has 2 rings (SSSR count). The number of halogens is 2. The van der Waals surface area contributed by atoms with Gasteiger partial charge < -0.3 is 15.8 Å². The van der Waals surface area contributed by atoms with Gasteiger partial charge in [-0.05, 0) is 49.4 Å². The Morgan fingerprint density at radius 2 is 1.86 bits per heavy atom. The van der Waals surface area contributed by atoms with Gasteiger partial charge in [-0.3, -0.25) is 4.79 Å². The van der Waals surface area contributed by atoms with Gasteiger partial charge in [-0.1, -0.05) is 23.2 Å². The Kier molecular flexibility index (Phi) is 4.94. The number of nitrogen functional groups attached to an aromatic ring is 1. The third kappa shape index (κ3) is 4.28. The summed E-state index contributed by atoms with van der Waals surface area (Å²) in [6, 6.07) is 11.7. The third-order valence-electron chi connectivity index (χ3n) is 2.76. The number of anilines is 2. The minimum atomic E-state index is -0.664. The van der Waals surface area contributed by atoms with E-state index < -0.39 is 6.10 Å². The van der Waals surface area contributed by atoms with Gasteiger partial charge >= 0.3 is 0 Å². The number of benzene rings is 2. The Morgan fingerprint density at radius 3 is 2.48 bits per heavy atom. The summed E-state index contributed by atoms with van der Waals surface area (Å²) < 4.78 is 5.53. The van der Waals surface area contributed by atoms with E-state index in [1.807, 2.05) is 0 Å². The molecule has 6 heteroatoms. The van der Waals surface area contributed by atoms with Crippen molar-refractivity contribution in [3.8, 4) is 5.75 Å². The molecule has 1 unspecified atom stereocenters. The summed E-state index contributed by atoms with van der Waals surface area (Å²) in [6.07, 6.45) is -0.664. The maximum absolute atomic E-state index is 12.0. The van der Waals surface area contributed by atoms with E-state index in [1.54, 1.807) is 49.4 Å². The van der Waals surface area contributed by atoms with Crippen LogP contribution in [0.4, 0.5) is 11.4 Å². The quantitative estimate of drug-likeness (QED) is 0.836. The number of carbonyl (C=O) groups excluding carboxylic acids is 1. The van der Waals surface area contributed by atoms with Crippen LogP contribution in [0.15, 0.2) is 42.5 Å². The van der Waals surface area contributed by atoms with E-state index in [1.165, 1.54) is 0 Å². The summed E-state index contributed by atoms with van der Waals surface area (Å²) in [5.74, 6) is 0.282. The molecule has 110 valence electrons. The number of rotatable bonds is 4. The lowest BCUT2D eigenvalue weighted by atomic mass is 10.2. The molecule has 0 aromatic heterocycles. The summed E-state index contributed by atoms with van der Waals surface area (Å²) in [5, 5.41) is 3.76. The van der Waals surface area contributed by atoms with Crippen molar-refractivity contribution >= 4 is 40.5 Å². The molecule has 0 aliphatic carbocycles. The molecule has 0 spiro atoms. The molecule has 1 amide bonds. The molecular weight excluding hydrogens is 311 g/mol. The van der Waals surface area contributed by atoms with Gasteiger partial charge in [-0.2, -0.15) is 0 Å². The second-order valence-electron chi connectivity index (χ2n) is 4.44. The lowest BCUT2D eigenvalue weighted by Crippen LogP contribution is -2.30. The summed E-state index contributed by atoms with van der Waals surface area (Å²) in [7, 11) is 0. The fraction of sp³-hybridized carbons (Fsp3) is 0.133. The van der Waals surface area contributed by atoms with Crippen molar-refractivity contribution in [1.29, 1.82) is 0 Å². The Bertz CT molecular complexity index is 645. The fourth-order valence-electron chi connectivity index (χ4n) is 1.64. The molecule has 2 aromatic rings. The van der Waals surface area contributed by atoms with Crippen LogP contribution in [0.2, 0.25) is 10.0 Å². The molecule has 0 bridgehead atoms. The fourth-order valence-corrected chi connectivity index (χ4v) is 1.88. The highest BCUT2D eigenvalue weighted by Crippen LogP contribution is 2.23. The smallest absolute Gasteiger partial charge is 0.265 e. The average Bonchev–Trinajstić information content (AvgIpc) is 2.45. The van der Waals surface area contributed by atoms with Gasteiger partial charge in [0.15, 0.2) is 6.10 Å². The molecular formula is C15H14Cl2N2O2. The van der Waals surface area contributed by atoms with Gasteiger partial charge in [0, 0.05) is 10.7 Å². The standard InChI is InChI=1S/C15H14Cl2N2O2/c1-9(21-12-5-2-10(16)3-6-12)15(20)19-11-4-7-13(17)14(18)8-11/h2-9H,18H2,1H3,(H,19,20). The molecule has 21 heavy (non-hydrogen) atoms. The number of hydrogen-bond donors (Lipinski definition) is 2. The van der Waals surface area contributed by atoms with E-state index in [4.69, 9.17) is 33.7 Å². The number of amides is 1. The minimum Gasteiger partial charge on any atom is -0.481 e. The maximum atomic E-state index is 12.0. The van der Waals surface area contributed by atoms with E-state index in [9.17, 15) is 4.79 Å². The first-order chi connectivity index (χ1) is 9.95. The Balaban J connectivity index is 1.98. The number of nitrogens with one attached hydrogen (secondary N) is 1. The SMILES string of the molecule is CC(Oc1ccc(Cl)cc1)C(=O)Nc1ccc(Cl)c(N)c1. The normalized spacial score (nSPS) is 11.8. The molecule has 2 aromatic carbocycles. The van der Waals surface area contributed by atoms with Gasteiger partial charge in [0.1, 0.15) is 5.75 Å². The summed E-state index contributed by atoms with van der Waals surface area (Å²) in [4.78, 5) is 12.0. The van der Waals surface area contributed by atoms with Crippen molar-refractivity contribution in [2.45, 2.75) is 13.0 Å². The van der Waals surface area contributed by atoms with Gasteiger partial charge in [-0.25, -0.2) is 0 Å². The van der Waals surface area contributed by atoms with Crippen LogP contribution >= 0.6 is 23.2 Å². The zero-order valence-corrected chi connectivity index (χ0v) is 12.8. The van der Waals surface area contributed by atoms with Crippen molar-refractivity contribution in [3.63, 3.8) is 0 Å². The van der Waals surface area contributed by atoms with Crippen LogP contribution in [-0.2, 0) is 4.79 Å². The van der Waals surface area contributed by atoms with Gasteiger partial charge in [0.2, 0.25) is 0 Å². The second-order valence-corrected chi connectivity index (χ2v) is 5.28. The van der Waals surface area contributed by atoms with Crippen molar-refractivity contribution in [3.05, 3.63) is 52.5 Å². The third-order valence-corrected chi connectivity index (χ3v) is 3.36. The van der Waals surface area contributed by atoms with Crippen LogP contribution in [0.25, 0.3) is 0 Å². The first kappa shape index (κ1) is 15.5. The zero-order chi connectivity index (χ0) is 15.4. The van der Waals surface area contributed by atoms with Crippen molar-refractivity contribution in [2.24, 2.45) is 0 Å². The first-order valence-corrected chi connectivity index (χ1v) is 6.99. The molecule has 0 saturated heterocycles. The number of hydrogen-bond acceptors (Lipinski definition) is 3. The van der Waals surface area contributed by atoms with Crippen LogP contribution < -0.4 is 15.8 Å². The maximum Gasteiger partial charge on any atom is 0.265 e. The molecule has 4 nitrogen and oxygen atoms in total. The first-order valence-electron chi connectivity index (χ1n) is 6.24. The van der Waals surface area contributed by atoms with E-state index >= 15 is 0 Å². The van der Waals surface area contributed by atoms with Crippen LogP contribution in [0.1, 0.15) is 6.92 Å². The van der Waals surface area contributed by atoms with Crippen LogP contribution in [0, 0.1) is 0 Å². The molecule has 0 fully saturated rings. The largest absolute Gasteiger partial charge is 0.481 e. The number of carbonyl (C=O) groups is 1. The van der Waals surface area contributed by atoms with Gasteiger partial charge in [0.05, 0.1) is 10.7 Å². The highest BCUT2D eigenvalue weighted by atomic mass is 35.5. The van der Waals surface area contributed by atoms with Crippen LogP contribution in [0.3, 0.4) is 0 Å². The molecule has 3 N–H and O–H groups in total. The van der Waals surface area contributed by atoms with Crippen LogP contribution in [0.5, 0.6) is 5.75 Å². The molecule has 0 aliphatic rings. The molecule has 0 heterocycles. The average molecular weight is 325 g/mol. The summed E-state index contributed by atoms with van der Waals surface area (Å²) >= 11 is 11.6. The minimum absolute atomic E-state index is 0.285. The highest BCUT2D eigenvalue weighted by molar-refractivity contribution is 6.33. The number of nitrogens with two attached hydrogens (primary N) is 1. The Hall–Kier alpha value is -1.91. The van der Waals surface area contributed by atoms with Crippen molar-refractivity contribution < 1.29 is 9.53 Å². The van der Waals surface area contributed by atoms with Gasteiger partial charge in [-0.15, -0.1) is 0 Å². The lowest BCUT2D eigenvalue weighted by molar-refractivity contribution is -0.122.